The summed E-state index contributed by atoms with van der Waals surface area (Å²) in [6, 6.07) is 36.7. The smallest absolute Gasteiger partial charge is 0.198 e. The molecule has 0 saturated carbocycles. The van der Waals surface area contributed by atoms with Crippen molar-refractivity contribution in [1.82, 2.24) is 0 Å². The first kappa shape index (κ1) is 75.3. The number of unbranched alkanes of at least 4 members (excludes halogenated alkanes) is 1. The summed E-state index contributed by atoms with van der Waals surface area (Å²) in [5.41, 5.74) is 1.05. The Hall–Kier alpha value is -1.20. The summed E-state index contributed by atoms with van der Waals surface area (Å²) in [7, 11) is -11.6. The minimum absolute atomic E-state index is 0. The molecular weight excluding hydrogens is 1260 g/mol. The van der Waals surface area contributed by atoms with Gasteiger partial charge in [0.2, 0.25) is 0 Å². The predicted molar refractivity (Wildman–Crippen MR) is 370 cm³/mol. The number of allylic oxidation sites excluding steroid dienone is 2. The van der Waals surface area contributed by atoms with Crippen LogP contribution in [0.4, 0.5) is 0 Å². The summed E-state index contributed by atoms with van der Waals surface area (Å²) >= 11 is 0. The lowest BCUT2D eigenvalue weighted by Gasteiger charge is -2.57. The van der Waals surface area contributed by atoms with Crippen LogP contribution in [0.1, 0.15) is 115 Å². The lowest BCUT2D eigenvalue weighted by Crippen LogP contribution is -3.00. The van der Waals surface area contributed by atoms with E-state index < -0.39 is 72.9 Å². The summed E-state index contributed by atoms with van der Waals surface area (Å²) in [5, 5.41) is 4.27. The highest BCUT2D eigenvalue weighted by Gasteiger charge is 2.61. The van der Waals surface area contributed by atoms with E-state index in [1.54, 1.807) is 0 Å². The van der Waals surface area contributed by atoms with Gasteiger partial charge in [-0.1, -0.05) is 168 Å². The maximum absolute atomic E-state index is 8.13. The first-order valence-electron chi connectivity index (χ1n) is 31.9. The molecule has 2 saturated heterocycles. The number of hydrogen-bond donors (Lipinski definition) is 0. The first-order valence-corrected chi connectivity index (χ1v) is 49.0. The Kier molecular flexibility index (Phi) is 28.0. The van der Waals surface area contributed by atoms with Crippen molar-refractivity contribution >= 4 is 64.8 Å². The SMILES string of the molecule is C=C/C=C/[C@H](CC(=C)C[C@H]1O[C@@H]([C@H](O[Si](CC)(CC)CC)[C@@]2(OC)C[C@H](O[Si](C)(C)C(C)(C)C)[C@@H](C)[C@@H](CCCC[P+](c3ccccc3)(c3ccccc3)c3ccccc3)O2)[C@H](C)[C@@H](O[Si](C)(C)C)[C@@H]1O[Si](C)(C)C)O[Si](C)(C)C(C)(C)C.[I-]. The maximum atomic E-state index is 8.13. The summed E-state index contributed by atoms with van der Waals surface area (Å²) in [4.78, 5) is 0. The topological polar surface area (TPSA) is 73.8 Å². The number of rotatable bonds is 30. The number of methoxy groups -OCH3 is 1. The van der Waals surface area contributed by atoms with Gasteiger partial charge < -0.3 is 60.3 Å². The highest BCUT2D eigenvalue weighted by atomic mass is 127. The van der Waals surface area contributed by atoms with E-state index in [9.17, 15) is 0 Å². The Bertz CT molecular complexity index is 2380. The summed E-state index contributed by atoms with van der Waals surface area (Å²) < 4.78 is 61.1. The molecule has 0 aromatic heterocycles. The van der Waals surface area contributed by atoms with Crippen LogP contribution in [0.15, 0.2) is 128 Å². The molecule has 0 amide bonds. The van der Waals surface area contributed by atoms with Crippen molar-refractivity contribution in [3.05, 3.63) is 128 Å². The molecule has 0 unspecified atom stereocenters. The Morgan fingerprint density at radius 3 is 1.57 bits per heavy atom. The molecule has 0 N–H and O–H groups in total. The predicted octanol–water partition coefficient (Wildman–Crippen LogP) is 15.0. The van der Waals surface area contributed by atoms with E-state index in [1.807, 2.05) is 19.3 Å². The van der Waals surface area contributed by atoms with Crippen molar-refractivity contribution in [2.75, 3.05) is 13.3 Å². The monoisotopic (exact) mass is 1370 g/mol. The fourth-order valence-electron chi connectivity index (χ4n) is 12.1. The molecule has 3 aromatic carbocycles. The molecule has 2 aliphatic rings. The molecule has 0 aliphatic carbocycles. The van der Waals surface area contributed by atoms with Gasteiger partial charge in [-0.25, -0.2) is 0 Å². The average molecular weight is 1370 g/mol. The van der Waals surface area contributed by atoms with Crippen LogP contribution >= 0.6 is 7.26 Å². The third kappa shape index (κ3) is 19.2. The standard InChI is InChI=1S/C69H118O8PSi5.HI/c1-25-29-41-56(73-81(21,22)67(8,9)10)50-53(5)51-61-65(76-80(18,19)20)63(75-79(15,16)17)55(7)64(71-61)66(77-83(26-2,27-3)28-4)69(70-14)52-62(74-82(23,24)68(11,12)13)54(6)60(72-69)48-39-40-49-78(57-42-33-30-34-43-57,58-44-35-31-36-45-58)59-46-37-32-38-47-59;/h25,29-38,41-47,54-56,60-66H,1,5,26-28,39-40,48-52H2,2-4,6-24H3;1H/q+1;/p-1/b41-29+;/t54-,55+,56+,60+,61+,62-,63+,64+,65+,66-,69+;/m0./s1. The van der Waals surface area contributed by atoms with Crippen LogP contribution in [0.3, 0.4) is 0 Å². The molecule has 0 radical (unpaired) electrons. The van der Waals surface area contributed by atoms with Crippen molar-refractivity contribution in [2.24, 2.45) is 11.8 Å². The minimum atomic E-state index is -2.45. The van der Waals surface area contributed by atoms with Gasteiger partial charge in [0.25, 0.3) is 0 Å². The molecule has 474 valence electrons. The van der Waals surface area contributed by atoms with Gasteiger partial charge in [-0.05, 0) is 162 Å². The highest BCUT2D eigenvalue weighted by molar-refractivity contribution is 7.95. The van der Waals surface area contributed by atoms with Gasteiger partial charge in [0.1, 0.15) is 29.3 Å². The molecule has 5 rings (SSSR count). The normalized spacial score (nSPS) is 25.0. The van der Waals surface area contributed by atoms with Crippen LogP contribution in [-0.2, 0) is 36.3 Å². The molecule has 84 heavy (non-hydrogen) atoms. The fraction of sp³-hybridized carbons (Fsp3) is 0.652. The lowest BCUT2D eigenvalue weighted by atomic mass is 9.78. The van der Waals surface area contributed by atoms with Crippen LogP contribution in [-0.4, -0.2) is 109 Å². The van der Waals surface area contributed by atoms with E-state index in [0.29, 0.717) is 19.3 Å². The Morgan fingerprint density at radius 1 is 0.667 bits per heavy atom. The van der Waals surface area contributed by atoms with Crippen molar-refractivity contribution in [3.8, 4) is 0 Å². The molecule has 11 atom stereocenters. The van der Waals surface area contributed by atoms with Crippen molar-refractivity contribution in [3.63, 3.8) is 0 Å². The van der Waals surface area contributed by atoms with E-state index in [0.717, 1.165) is 49.1 Å². The highest BCUT2D eigenvalue weighted by Crippen LogP contribution is 2.57. The van der Waals surface area contributed by atoms with Gasteiger partial charge in [0, 0.05) is 25.4 Å². The molecular formula is C69H118IO8PSi5. The van der Waals surface area contributed by atoms with Crippen LogP contribution in [0.2, 0.25) is 93.7 Å². The summed E-state index contributed by atoms with van der Waals surface area (Å²) in [5.74, 6) is -1.28. The molecule has 8 nitrogen and oxygen atoms in total. The third-order valence-electron chi connectivity index (χ3n) is 19.2. The van der Waals surface area contributed by atoms with Crippen LogP contribution in [0.25, 0.3) is 0 Å². The van der Waals surface area contributed by atoms with E-state index in [2.05, 4.69) is 245 Å². The summed E-state index contributed by atoms with van der Waals surface area (Å²) in [6.07, 6.45) is 9.04. The second-order valence-electron chi connectivity index (χ2n) is 29.6. The quantitative estimate of drug-likeness (QED) is 0.0163. The second kappa shape index (κ2) is 31.2. The maximum Gasteiger partial charge on any atom is 0.198 e. The molecule has 3 aromatic rings. The molecule has 0 bridgehead atoms. The van der Waals surface area contributed by atoms with E-state index in [-0.39, 0.29) is 76.4 Å². The number of benzene rings is 3. The molecule has 2 heterocycles. The van der Waals surface area contributed by atoms with Gasteiger partial charge in [-0.15, -0.1) is 0 Å². The van der Waals surface area contributed by atoms with E-state index >= 15 is 0 Å². The molecule has 0 spiro atoms. The van der Waals surface area contributed by atoms with Gasteiger partial charge in [-0.3, -0.25) is 0 Å². The second-order valence-corrected chi connectivity index (χ2v) is 56.3. The van der Waals surface area contributed by atoms with E-state index in [4.69, 9.17) is 42.9 Å². The van der Waals surface area contributed by atoms with Crippen molar-refractivity contribution in [1.29, 1.82) is 0 Å². The lowest BCUT2D eigenvalue weighted by molar-refractivity contribution is -0.353. The largest absolute Gasteiger partial charge is 1.00 e. The number of halogens is 1. The van der Waals surface area contributed by atoms with E-state index in [1.165, 1.54) is 15.9 Å². The average Bonchev–Trinajstić information content (AvgIpc) is 1.04. The molecule has 2 aliphatic heterocycles. The number of ether oxygens (including phenoxy) is 3. The Morgan fingerprint density at radius 2 is 1.14 bits per heavy atom. The number of hydrogen-bond acceptors (Lipinski definition) is 8. The van der Waals surface area contributed by atoms with Crippen molar-refractivity contribution < 1.29 is 60.3 Å². The van der Waals surface area contributed by atoms with Crippen LogP contribution in [0, 0.1) is 11.8 Å². The molecule has 2 fully saturated rings. The zero-order valence-corrected chi connectivity index (χ0v) is 64.8. The molecule has 15 heteroatoms. The van der Waals surface area contributed by atoms with Crippen molar-refractivity contribution in [2.45, 2.75) is 263 Å². The zero-order chi connectivity index (χ0) is 62.0. The van der Waals surface area contributed by atoms with Crippen LogP contribution < -0.4 is 39.9 Å². The Labute approximate surface area is 537 Å². The van der Waals surface area contributed by atoms with Gasteiger partial charge >= 0.3 is 0 Å². The first-order chi connectivity index (χ1) is 38.6. The Balaban J connectivity index is 0.0000151. The zero-order valence-electron chi connectivity index (χ0n) is 56.7. The third-order valence-corrected chi connectivity index (χ3v) is 39.3. The minimum Gasteiger partial charge on any atom is -1.00 e. The van der Waals surface area contributed by atoms with Gasteiger partial charge in [-0.2, -0.15) is 0 Å². The summed E-state index contributed by atoms with van der Waals surface area (Å²) in [6.45, 7) is 57.7. The fourth-order valence-corrected chi connectivity index (χ4v) is 24.3. The van der Waals surface area contributed by atoms with Gasteiger partial charge in [0.15, 0.2) is 47.4 Å². The van der Waals surface area contributed by atoms with Crippen LogP contribution in [0.5, 0.6) is 0 Å². The van der Waals surface area contributed by atoms with Gasteiger partial charge in [0.05, 0.1) is 48.9 Å².